The maximum absolute atomic E-state index is 13.1. The van der Waals surface area contributed by atoms with E-state index >= 15 is 0 Å². The van der Waals surface area contributed by atoms with Crippen LogP contribution in [0.1, 0.15) is 65.5 Å². The van der Waals surface area contributed by atoms with E-state index in [1.165, 1.54) is 11.1 Å². The van der Waals surface area contributed by atoms with Crippen LogP contribution in [0.4, 0.5) is 13.2 Å². The van der Waals surface area contributed by atoms with E-state index in [2.05, 4.69) is 41.4 Å². The Morgan fingerprint density at radius 3 is 1.96 bits per heavy atom. The molecule has 2 amide bonds. The Morgan fingerprint density at radius 2 is 1.38 bits per heavy atom. The van der Waals surface area contributed by atoms with Gasteiger partial charge in [0.1, 0.15) is 6.04 Å². The number of halogens is 3. The van der Waals surface area contributed by atoms with Gasteiger partial charge in [-0.15, -0.1) is 0 Å². The smallest absolute Gasteiger partial charge is 0.392 e. The molecule has 8 nitrogen and oxygen atoms in total. The third-order valence-electron chi connectivity index (χ3n) is 9.84. The first-order chi connectivity index (χ1) is 25.1. The Hall–Kier alpha value is -4.55. The van der Waals surface area contributed by atoms with Crippen molar-refractivity contribution in [1.29, 1.82) is 0 Å². The van der Waals surface area contributed by atoms with E-state index in [4.69, 9.17) is 9.47 Å². The lowest BCUT2D eigenvalue weighted by Gasteiger charge is -2.43. The van der Waals surface area contributed by atoms with Crippen molar-refractivity contribution in [2.75, 3.05) is 13.1 Å². The highest BCUT2D eigenvalue weighted by Crippen LogP contribution is 2.42. The first-order valence-electron chi connectivity index (χ1n) is 17.6. The maximum Gasteiger partial charge on any atom is 0.471 e. The lowest BCUT2D eigenvalue weighted by Crippen LogP contribution is -2.50. The second-order valence-corrected chi connectivity index (χ2v) is 13.6. The van der Waals surface area contributed by atoms with Gasteiger partial charge in [-0.1, -0.05) is 116 Å². The molecule has 0 aliphatic carbocycles. The van der Waals surface area contributed by atoms with E-state index in [1.807, 2.05) is 84.9 Å². The minimum atomic E-state index is -5.03. The summed E-state index contributed by atoms with van der Waals surface area (Å²) in [5.41, 5.74) is 5.69. The summed E-state index contributed by atoms with van der Waals surface area (Å²) in [7, 11) is 0. The molecule has 4 aromatic rings. The van der Waals surface area contributed by atoms with Crippen LogP contribution in [-0.2, 0) is 45.3 Å². The Balaban J connectivity index is 1.19. The van der Waals surface area contributed by atoms with Crippen LogP contribution in [0.25, 0.3) is 0 Å². The molecule has 0 spiro atoms. The molecule has 2 N–H and O–H groups in total. The second kappa shape index (κ2) is 16.9. The van der Waals surface area contributed by atoms with Crippen molar-refractivity contribution in [2.45, 2.75) is 76.7 Å². The van der Waals surface area contributed by atoms with Crippen molar-refractivity contribution in [1.82, 2.24) is 15.1 Å². The van der Waals surface area contributed by atoms with Crippen molar-refractivity contribution in [3.63, 3.8) is 0 Å². The van der Waals surface area contributed by atoms with Crippen molar-refractivity contribution < 1.29 is 37.3 Å². The van der Waals surface area contributed by atoms with Gasteiger partial charge in [0.25, 0.3) is 0 Å². The summed E-state index contributed by atoms with van der Waals surface area (Å²) in [6.45, 7) is 4.16. The highest BCUT2D eigenvalue weighted by molar-refractivity contribution is 5.90. The Morgan fingerprint density at radius 1 is 0.808 bits per heavy atom. The number of benzene rings is 4. The number of rotatable bonds is 12. The van der Waals surface area contributed by atoms with Crippen LogP contribution in [0.3, 0.4) is 0 Å². The van der Waals surface area contributed by atoms with E-state index in [0.29, 0.717) is 17.9 Å². The van der Waals surface area contributed by atoms with Crippen molar-refractivity contribution in [2.24, 2.45) is 5.92 Å². The number of carbonyl (C=O) groups excluding carboxylic acids is 2. The van der Waals surface area contributed by atoms with Crippen molar-refractivity contribution >= 4 is 11.8 Å². The highest BCUT2D eigenvalue weighted by atomic mass is 19.4. The molecule has 11 heteroatoms. The molecule has 0 bridgehead atoms. The Labute approximate surface area is 302 Å². The summed E-state index contributed by atoms with van der Waals surface area (Å²) in [6.07, 6.45) is -5.74. The minimum absolute atomic E-state index is 0.0286. The van der Waals surface area contributed by atoms with Crippen LogP contribution in [-0.4, -0.2) is 58.1 Å². The number of nitrogens with one attached hydrogen (secondary N) is 1. The fraction of sp³-hybridized carbons (Fsp3) is 0.366. The molecule has 2 saturated heterocycles. The average molecular weight is 716 g/mol. The molecule has 5 atom stereocenters. The molecule has 52 heavy (non-hydrogen) atoms. The standard InChI is InChI=1S/C41H44F3N3O5/c1-28-36(26-46(24-30-9-4-2-5-10-30)25-31-11-6-3-7-12-31)51-39(52-37(28)33-18-16-32(27-48)17-19-33)34-20-14-29(15-21-34)23-45-38(49)35-13-8-22-47(35)40(50)41(42,43)44/h2-7,9-12,14-21,28,35-37,39,48H,8,13,22-27H2,1H3,(H,45,49)/t28-,35-,36+,37+,39+/m0/s1. The van der Waals surface area contributed by atoms with E-state index in [-0.39, 0.29) is 44.2 Å². The van der Waals surface area contributed by atoms with Gasteiger partial charge in [0.05, 0.1) is 18.8 Å². The molecule has 2 heterocycles. The fourth-order valence-corrected chi connectivity index (χ4v) is 7.00. The SMILES string of the molecule is C[C@H]1[C@@H](CN(Cc2ccccc2)Cc2ccccc2)O[C@@H](c2ccc(CNC(=O)[C@@H]3CCCN3C(=O)C(F)(F)F)cc2)O[C@H]1c1ccc(CO)cc1. The van der Waals surface area contributed by atoms with Crippen LogP contribution in [0, 0.1) is 5.92 Å². The van der Waals surface area contributed by atoms with Gasteiger partial charge in [0, 0.05) is 44.2 Å². The molecule has 274 valence electrons. The number of amides is 2. The number of aliphatic hydroxyl groups excluding tert-OH is 1. The van der Waals surface area contributed by atoms with Crippen LogP contribution < -0.4 is 5.32 Å². The molecule has 4 aromatic carbocycles. The molecular weight excluding hydrogens is 671 g/mol. The summed E-state index contributed by atoms with van der Waals surface area (Å²) in [4.78, 5) is 27.7. The minimum Gasteiger partial charge on any atom is -0.392 e. The summed E-state index contributed by atoms with van der Waals surface area (Å²) >= 11 is 0. The van der Waals surface area contributed by atoms with Crippen LogP contribution in [0.15, 0.2) is 109 Å². The number of likely N-dealkylation sites (tertiary alicyclic amines) is 1. The van der Waals surface area contributed by atoms with Gasteiger partial charge in [-0.05, 0) is 40.7 Å². The normalized spacial score (nSPS) is 22.0. The number of hydrogen-bond acceptors (Lipinski definition) is 6. The predicted molar refractivity (Wildman–Crippen MR) is 189 cm³/mol. The topological polar surface area (TPSA) is 91.3 Å². The van der Waals surface area contributed by atoms with Gasteiger partial charge in [0.15, 0.2) is 6.29 Å². The zero-order chi connectivity index (χ0) is 36.7. The third kappa shape index (κ3) is 9.27. The summed E-state index contributed by atoms with van der Waals surface area (Å²) < 4.78 is 52.6. The van der Waals surface area contributed by atoms with Gasteiger partial charge in [-0.2, -0.15) is 13.2 Å². The summed E-state index contributed by atoms with van der Waals surface area (Å²) in [6, 6.07) is 34.7. The molecule has 0 aromatic heterocycles. The molecule has 2 aliphatic heterocycles. The quantitative estimate of drug-likeness (QED) is 0.167. The number of nitrogens with zero attached hydrogens (tertiary/aromatic N) is 2. The second-order valence-electron chi connectivity index (χ2n) is 13.6. The molecular formula is C41H44F3N3O5. The van der Waals surface area contributed by atoms with Crippen molar-refractivity contribution in [3.05, 3.63) is 143 Å². The molecule has 0 unspecified atom stereocenters. The zero-order valence-corrected chi connectivity index (χ0v) is 29.0. The highest BCUT2D eigenvalue weighted by Gasteiger charge is 2.47. The largest absolute Gasteiger partial charge is 0.471 e. The lowest BCUT2D eigenvalue weighted by atomic mass is 9.89. The molecule has 2 fully saturated rings. The van der Waals surface area contributed by atoms with Crippen LogP contribution >= 0.6 is 0 Å². The van der Waals surface area contributed by atoms with Crippen LogP contribution in [0.2, 0.25) is 0 Å². The fourth-order valence-electron chi connectivity index (χ4n) is 7.00. The summed E-state index contributed by atoms with van der Waals surface area (Å²) in [5.74, 6) is -2.62. The molecule has 0 radical (unpaired) electrons. The van der Waals surface area contributed by atoms with E-state index in [0.717, 1.165) is 35.3 Å². The van der Waals surface area contributed by atoms with Gasteiger partial charge in [0.2, 0.25) is 5.91 Å². The molecule has 0 saturated carbocycles. The van der Waals surface area contributed by atoms with E-state index in [1.54, 1.807) is 0 Å². The average Bonchev–Trinajstić information content (AvgIpc) is 3.65. The van der Waals surface area contributed by atoms with E-state index < -0.39 is 30.3 Å². The summed E-state index contributed by atoms with van der Waals surface area (Å²) in [5, 5.41) is 12.3. The van der Waals surface area contributed by atoms with Crippen LogP contribution in [0.5, 0.6) is 0 Å². The number of hydrogen-bond donors (Lipinski definition) is 2. The molecule has 2 aliphatic rings. The Kier molecular flexibility index (Phi) is 12.1. The number of alkyl halides is 3. The number of carbonyl (C=O) groups is 2. The molecule has 6 rings (SSSR count). The third-order valence-corrected chi connectivity index (χ3v) is 9.84. The monoisotopic (exact) mass is 715 g/mol. The Bertz CT molecular complexity index is 1720. The van der Waals surface area contributed by atoms with Gasteiger partial charge in [-0.3, -0.25) is 14.5 Å². The van der Waals surface area contributed by atoms with Crippen molar-refractivity contribution in [3.8, 4) is 0 Å². The number of aliphatic hydroxyl groups is 1. The van der Waals surface area contributed by atoms with E-state index in [9.17, 15) is 27.9 Å². The number of ether oxygens (including phenoxy) is 2. The first kappa shape index (κ1) is 37.2. The lowest BCUT2D eigenvalue weighted by molar-refractivity contribution is -0.276. The van der Waals surface area contributed by atoms with Gasteiger partial charge in [-0.25, -0.2) is 0 Å². The zero-order valence-electron chi connectivity index (χ0n) is 29.0. The van der Waals surface area contributed by atoms with Gasteiger partial charge >= 0.3 is 12.1 Å². The first-order valence-corrected chi connectivity index (χ1v) is 17.6. The predicted octanol–water partition coefficient (Wildman–Crippen LogP) is 6.84. The van der Waals surface area contributed by atoms with Gasteiger partial charge < -0.3 is 24.8 Å². The maximum atomic E-state index is 13.1.